The molecule has 6 aliphatic heterocycles. The Balaban J connectivity index is 0.000000133. The summed E-state index contributed by atoms with van der Waals surface area (Å²) >= 11 is 4.52. The van der Waals surface area contributed by atoms with Crippen LogP contribution in [0.15, 0.2) is 87.7 Å². The van der Waals surface area contributed by atoms with Crippen molar-refractivity contribution in [2.24, 2.45) is 0 Å². The number of sulfonamides is 3. The molecule has 3 saturated heterocycles. The molecule has 0 aliphatic carbocycles. The van der Waals surface area contributed by atoms with E-state index in [4.69, 9.17) is 19.9 Å². The predicted molar refractivity (Wildman–Crippen MR) is 376 cm³/mol. The summed E-state index contributed by atoms with van der Waals surface area (Å²) in [6, 6.07) is 9.30. The maximum absolute atomic E-state index is 14.6. The SMILES string of the molecule is CC1c2cnc(-c3cscn3)nc2CCN1c1cc(F)cc(N2CCN(S(C)(=O)=O)CC2)n1.CC1c2cnc(-c3cscn3)nc2CCN1c1cc(F)nc(N2CCN(S(C)(=O)=O)CC2)c1.CC1c2cnc(-c3cscn3)nc2CCN1c1cc(N2CCN(S(C)(=O)=O)CC2)cc(F)n1. The predicted octanol–water partition coefficient (Wildman–Crippen LogP) is 7.02. The van der Waals surface area contributed by atoms with Gasteiger partial charge in [-0.2, -0.15) is 21.7 Å². The molecule has 3 fully saturated rings. The Hall–Kier alpha value is -8.10. The van der Waals surface area contributed by atoms with E-state index in [1.807, 2.05) is 75.4 Å². The van der Waals surface area contributed by atoms with Gasteiger partial charge in [-0.15, -0.1) is 34.0 Å². The molecular formula is C63H72F3N21O6S6. The molecule has 0 N–H and O–H groups in total. The third-order valence-corrected chi connectivity index (χ3v) is 24.2. The van der Waals surface area contributed by atoms with E-state index in [-0.39, 0.29) is 23.9 Å². The van der Waals surface area contributed by atoms with Gasteiger partial charge in [0.15, 0.2) is 17.5 Å². The molecule has 0 saturated carbocycles. The molecule has 6 aliphatic rings. The zero-order valence-electron chi connectivity index (χ0n) is 55.0. The van der Waals surface area contributed by atoms with Gasteiger partial charge in [-0.05, 0) is 20.8 Å². The van der Waals surface area contributed by atoms with Crippen LogP contribution >= 0.6 is 34.0 Å². The van der Waals surface area contributed by atoms with Crippen LogP contribution in [-0.4, -0.2) is 215 Å². The van der Waals surface area contributed by atoms with Crippen LogP contribution in [0.3, 0.4) is 0 Å². The highest BCUT2D eigenvalue weighted by molar-refractivity contribution is 7.88. The minimum Gasteiger partial charge on any atom is -0.369 e. The molecule has 0 radical (unpaired) electrons. The Morgan fingerprint density at radius 1 is 0.374 bits per heavy atom. The highest BCUT2D eigenvalue weighted by Gasteiger charge is 2.34. The topological polar surface area (TPSA) is 286 Å². The second-order valence-corrected chi connectivity index (χ2v) is 32.8. The molecule has 9 aromatic heterocycles. The molecule has 522 valence electrons. The van der Waals surface area contributed by atoms with Crippen LogP contribution < -0.4 is 29.4 Å². The number of fused-ring (bicyclic) bond motifs is 3. The van der Waals surface area contributed by atoms with Crippen LogP contribution in [0.25, 0.3) is 34.6 Å². The number of piperazine rings is 3. The van der Waals surface area contributed by atoms with Crippen molar-refractivity contribution in [3.63, 3.8) is 0 Å². The lowest BCUT2D eigenvalue weighted by molar-refractivity contribution is 0.386. The zero-order chi connectivity index (χ0) is 69.5. The van der Waals surface area contributed by atoms with Gasteiger partial charge in [0.25, 0.3) is 0 Å². The van der Waals surface area contributed by atoms with Crippen LogP contribution in [0.2, 0.25) is 0 Å². The second kappa shape index (κ2) is 28.9. The largest absolute Gasteiger partial charge is 0.369 e. The van der Waals surface area contributed by atoms with Gasteiger partial charge in [-0.25, -0.2) is 89.5 Å². The molecule has 0 spiro atoms. The quantitative estimate of drug-likeness (QED) is 0.111. The fraction of sp³-hybridized carbons (Fsp3) is 0.429. The summed E-state index contributed by atoms with van der Waals surface area (Å²) in [6.07, 6.45) is 11.2. The van der Waals surface area contributed by atoms with Crippen molar-refractivity contribution >= 4 is 98.7 Å². The number of halogens is 3. The number of pyridine rings is 3. The van der Waals surface area contributed by atoms with Crippen LogP contribution in [0.4, 0.5) is 47.8 Å². The maximum atomic E-state index is 14.6. The second-order valence-electron chi connectivity index (χ2n) is 24.7. The number of anilines is 6. The molecule has 27 nitrogen and oxygen atoms in total. The number of hydrogen-bond acceptors (Lipinski definition) is 27. The molecule has 36 heteroatoms. The molecule has 3 unspecified atom stereocenters. The normalized spacial score (nSPS) is 19.5. The zero-order valence-corrected chi connectivity index (χ0v) is 59.9. The first-order valence-corrected chi connectivity index (χ1v) is 40.4. The summed E-state index contributed by atoms with van der Waals surface area (Å²) in [5.74, 6) is 2.54. The first-order valence-electron chi connectivity index (χ1n) is 32.0. The van der Waals surface area contributed by atoms with E-state index in [1.165, 1.54) is 90.0 Å². The lowest BCUT2D eigenvalue weighted by Crippen LogP contribution is -2.48. The summed E-state index contributed by atoms with van der Waals surface area (Å²) in [6.45, 7) is 13.2. The third-order valence-electron chi connectivity index (χ3n) is 18.6. The van der Waals surface area contributed by atoms with Crippen LogP contribution in [0, 0.1) is 17.7 Å². The van der Waals surface area contributed by atoms with Crippen molar-refractivity contribution in [1.29, 1.82) is 0 Å². The van der Waals surface area contributed by atoms with E-state index in [9.17, 15) is 38.4 Å². The molecular weight excluding hydrogens is 1400 g/mol. The number of rotatable bonds is 12. The lowest BCUT2D eigenvalue weighted by Gasteiger charge is -2.37. The van der Waals surface area contributed by atoms with Crippen molar-refractivity contribution < 1.29 is 38.4 Å². The summed E-state index contributed by atoms with van der Waals surface area (Å²) in [7, 11) is -9.68. The molecule has 0 bridgehead atoms. The van der Waals surface area contributed by atoms with Crippen molar-refractivity contribution in [3.05, 3.63) is 139 Å². The van der Waals surface area contributed by atoms with Gasteiger partial charge in [0.2, 0.25) is 42.0 Å². The van der Waals surface area contributed by atoms with E-state index in [1.54, 1.807) is 16.5 Å². The van der Waals surface area contributed by atoms with E-state index in [2.05, 4.69) is 61.5 Å². The van der Waals surface area contributed by atoms with Gasteiger partial charge < -0.3 is 29.4 Å². The summed E-state index contributed by atoms with van der Waals surface area (Å²) in [5.41, 5.74) is 15.0. The number of aromatic nitrogens is 12. The fourth-order valence-electron chi connectivity index (χ4n) is 13.2. The van der Waals surface area contributed by atoms with Gasteiger partial charge in [0.05, 0.1) is 70.5 Å². The maximum Gasteiger partial charge on any atom is 0.216 e. The van der Waals surface area contributed by atoms with E-state index < -0.39 is 42.0 Å². The number of hydrogen-bond donors (Lipinski definition) is 0. The van der Waals surface area contributed by atoms with Crippen molar-refractivity contribution in [1.82, 2.24) is 72.7 Å². The minimum absolute atomic E-state index is 0.0324. The Labute approximate surface area is 584 Å². The van der Waals surface area contributed by atoms with Crippen LogP contribution in [0.5, 0.6) is 0 Å². The molecule has 3 atom stereocenters. The highest BCUT2D eigenvalue weighted by atomic mass is 32.2. The first-order chi connectivity index (χ1) is 47.4. The third kappa shape index (κ3) is 15.6. The Morgan fingerprint density at radius 3 is 1.10 bits per heavy atom. The molecule has 15 heterocycles. The molecule has 99 heavy (non-hydrogen) atoms. The molecule has 9 aromatic rings. The van der Waals surface area contributed by atoms with Gasteiger partial charge in [0, 0.05) is 217 Å². The monoisotopic (exact) mass is 1470 g/mol. The first kappa shape index (κ1) is 69.4. The standard InChI is InChI=1S/3C21H24FN7O2S2/c1-14-16-11-23-21(18-12-32-13-24-18)25-17(16)3-4-29(14)15-9-19(22)26-20(10-15)27-5-7-28(8-6-27)33(2,30)31;1-14-16-11-23-21(18-12-32-13-24-18)25-17(16)3-4-29(14)20-10-15(9-19(22)26-20)27-5-7-28(8-6-27)33(2,30)31;1-14-16-11-23-21(18-12-32-13-24-18)25-17(16)3-4-29(14)20-10-15(22)9-19(26-20)27-5-7-28(8-6-27)33(2,30)31/h3*9-14H,3-8H2,1-2H3. The van der Waals surface area contributed by atoms with Crippen LogP contribution in [-0.2, 0) is 49.3 Å². The van der Waals surface area contributed by atoms with Crippen LogP contribution in [0.1, 0.15) is 72.7 Å². The Bertz CT molecular complexity index is 4250. The minimum atomic E-state index is -3.23. The molecule has 0 aromatic carbocycles. The number of nitrogens with zero attached hydrogens (tertiary/aromatic N) is 21. The molecule has 15 rings (SSSR count). The number of thiazole rings is 3. The van der Waals surface area contributed by atoms with Gasteiger partial charge in [-0.1, -0.05) is 0 Å². The van der Waals surface area contributed by atoms with Gasteiger partial charge >= 0.3 is 0 Å². The van der Waals surface area contributed by atoms with Gasteiger partial charge in [-0.3, -0.25) is 0 Å². The Morgan fingerprint density at radius 2 is 0.707 bits per heavy atom. The Kier molecular flexibility index (Phi) is 20.2. The summed E-state index contributed by atoms with van der Waals surface area (Å²) in [4.78, 5) is 65.7. The van der Waals surface area contributed by atoms with E-state index in [0.717, 1.165) is 56.5 Å². The van der Waals surface area contributed by atoms with Crippen molar-refractivity contribution in [2.75, 3.05) is 146 Å². The van der Waals surface area contributed by atoms with E-state index in [0.29, 0.717) is 164 Å². The van der Waals surface area contributed by atoms with E-state index >= 15 is 0 Å². The lowest BCUT2D eigenvalue weighted by atomic mass is 9.99. The van der Waals surface area contributed by atoms with Gasteiger partial charge in [0.1, 0.15) is 46.2 Å². The van der Waals surface area contributed by atoms with Crippen molar-refractivity contribution in [2.45, 2.75) is 58.2 Å². The average molecular weight is 1470 g/mol. The summed E-state index contributed by atoms with van der Waals surface area (Å²) in [5, 5.41) is 5.78. The average Bonchev–Trinajstić information content (AvgIpc) is 1.05. The summed E-state index contributed by atoms with van der Waals surface area (Å²) < 4.78 is 119. The fourth-order valence-corrected chi connectivity index (χ4v) is 17.2. The smallest absolute Gasteiger partial charge is 0.216 e. The molecule has 0 amide bonds. The van der Waals surface area contributed by atoms with Crippen molar-refractivity contribution in [3.8, 4) is 34.6 Å². The highest BCUT2D eigenvalue weighted by Crippen LogP contribution is 2.39.